The highest BCUT2D eigenvalue weighted by Crippen LogP contribution is 2.28. The van der Waals surface area contributed by atoms with Gasteiger partial charge in [-0.2, -0.15) is 5.10 Å². The topological polar surface area (TPSA) is 41.3 Å². The van der Waals surface area contributed by atoms with E-state index in [1.54, 1.807) is 4.68 Å². The third kappa shape index (κ3) is 3.99. The lowest BCUT2D eigenvalue weighted by molar-refractivity contribution is 0.0501. The number of nitrogens with zero attached hydrogens (tertiary/aromatic N) is 3. The largest absolute Gasteiger partial charge is 0.393 e. The molecule has 0 aromatic carbocycles. The first kappa shape index (κ1) is 16.8. The van der Waals surface area contributed by atoms with Gasteiger partial charge in [0.05, 0.1) is 11.8 Å². The van der Waals surface area contributed by atoms with Crippen molar-refractivity contribution in [3.63, 3.8) is 0 Å². The van der Waals surface area contributed by atoms with Crippen molar-refractivity contribution >= 4 is 11.6 Å². The molecule has 1 heterocycles. The van der Waals surface area contributed by atoms with Crippen molar-refractivity contribution < 1.29 is 5.11 Å². The Balaban J connectivity index is 2.03. The van der Waals surface area contributed by atoms with E-state index in [9.17, 15) is 5.11 Å². The molecule has 1 aliphatic carbocycles. The van der Waals surface area contributed by atoms with E-state index in [-0.39, 0.29) is 6.10 Å². The maximum absolute atomic E-state index is 10.1. The van der Waals surface area contributed by atoms with Gasteiger partial charge in [0.1, 0.15) is 5.15 Å². The fraction of sp³-hybridized carbons (Fsp3) is 0.812. The minimum absolute atomic E-state index is 0.143. The lowest BCUT2D eigenvalue weighted by Gasteiger charge is -2.31. The number of hydrogen-bond acceptors (Lipinski definition) is 3. The van der Waals surface area contributed by atoms with E-state index in [2.05, 4.69) is 30.9 Å². The van der Waals surface area contributed by atoms with Crippen LogP contribution in [0, 0.1) is 5.92 Å². The number of aliphatic hydroxyl groups excluding tert-OH is 1. The zero-order valence-corrected chi connectivity index (χ0v) is 14.4. The Kier molecular flexibility index (Phi) is 5.69. The molecule has 0 radical (unpaired) electrons. The van der Waals surface area contributed by atoms with Crippen LogP contribution in [-0.4, -0.2) is 39.5 Å². The normalized spacial score (nSPS) is 23.2. The quantitative estimate of drug-likeness (QED) is 0.907. The molecule has 0 amide bonds. The Morgan fingerprint density at radius 2 is 2.05 bits per heavy atom. The first-order valence-electron chi connectivity index (χ1n) is 7.98. The van der Waals surface area contributed by atoms with Gasteiger partial charge in [0.2, 0.25) is 0 Å². The fourth-order valence-electron chi connectivity index (χ4n) is 3.31. The van der Waals surface area contributed by atoms with Crippen molar-refractivity contribution in [1.29, 1.82) is 0 Å². The van der Waals surface area contributed by atoms with E-state index in [1.165, 1.54) is 6.42 Å². The summed E-state index contributed by atoms with van der Waals surface area (Å²) in [5.74, 6) is 0.758. The summed E-state index contributed by atoms with van der Waals surface area (Å²) >= 11 is 6.40. The summed E-state index contributed by atoms with van der Waals surface area (Å²) in [5, 5.41) is 15.4. The second-order valence-electron chi connectivity index (χ2n) is 6.74. The summed E-state index contributed by atoms with van der Waals surface area (Å²) in [4.78, 5) is 2.27. The summed E-state index contributed by atoms with van der Waals surface area (Å²) in [6.07, 6.45) is 4.33. The molecular weight excluding hydrogens is 286 g/mol. The Morgan fingerprint density at radius 3 is 2.67 bits per heavy atom. The molecule has 0 aliphatic heterocycles. The lowest BCUT2D eigenvalue weighted by atomic mass is 9.86. The monoisotopic (exact) mass is 313 g/mol. The van der Waals surface area contributed by atoms with Crippen LogP contribution in [0.5, 0.6) is 0 Å². The van der Waals surface area contributed by atoms with Crippen molar-refractivity contribution in [1.82, 2.24) is 14.7 Å². The number of aryl methyl sites for hydroxylation is 1. The van der Waals surface area contributed by atoms with Gasteiger partial charge in [0, 0.05) is 25.7 Å². The van der Waals surface area contributed by atoms with E-state index in [0.717, 1.165) is 48.8 Å². The molecule has 5 heteroatoms. The van der Waals surface area contributed by atoms with Crippen LogP contribution in [0.4, 0.5) is 0 Å². The first-order valence-corrected chi connectivity index (χ1v) is 8.35. The second kappa shape index (κ2) is 7.12. The number of hydrogen-bond donors (Lipinski definition) is 1. The highest BCUT2D eigenvalue weighted by atomic mass is 35.5. The molecule has 120 valence electrons. The first-order chi connectivity index (χ1) is 9.90. The molecule has 1 aromatic rings. The smallest absolute Gasteiger partial charge is 0.131 e. The second-order valence-corrected chi connectivity index (χ2v) is 7.10. The molecule has 0 spiro atoms. The summed E-state index contributed by atoms with van der Waals surface area (Å²) in [6, 6.07) is 0. The number of aliphatic hydroxyl groups is 1. The number of rotatable bonds is 5. The molecule has 2 atom stereocenters. The van der Waals surface area contributed by atoms with Crippen LogP contribution in [0.3, 0.4) is 0 Å². The van der Waals surface area contributed by atoms with Crippen LogP contribution in [-0.2, 0) is 13.6 Å². The van der Waals surface area contributed by atoms with E-state index in [1.807, 2.05) is 7.05 Å². The van der Waals surface area contributed by atoms with Gasteiger partial charge >= 0.3 is 0 Å². The molecule has 1 fully saturated rings. The summed E-state index contributed by atoms with van der Waals surface area (Å²) < 4.78 is 1.76. The Morgan fingerprint density at radius 1 is 1.38 bits per heavy atom. The fourth-order valence-corrected chi connectivity index (χ4v) is 3.51. The van der Waals surface area contributed by atoms with Gasteiger partial charge in [-0.05, 0) is 31.7 Å². The van der Waals surface area contributed by atoms with Gasteiger partial charge < -0.3 is 10.0 Å². The van der Waals surface area contributed by atoms with E-state index < -0.39 is 0 Å². The minimum atomic E-state index is -0.143. The Bertz CT molecular complexity index is 472. The van der Waals surface area contributed by atoms with Crippen molar-refractivity contribution in [3.8, 4) is 0 Å². The van der Waals surface area contributed by atoms with Crippen LogP contribution in [0.1, 0.15) is 56.7 Å². The number of aromatic nitrogens is 2. The Hall–Kier alpha value is -0.580. The maximum atomic E-state index is 10.1. The van der Waals surface area contributed by atoms with Gasteiger partial charge in [-0.3, -0.25) is 4.68 Å². The predicted octanol–water partition coefficient (Wildman–Crippen LogP) is 3.18. The molecular formula is C16H28ClN3O. The van der Waals surface area contributed by atoms with E-state index >= 15 is 0 Å². The molecule has 4 nitrogen and oxygen atoms in total. The Labute approximate surface area is 133 Å². The minimum Gasteiger partial charge on any atom is -0.393 e. The highest BCUT2D eigenvalue weighted by molar-refractivity contribution is 6.30. The third-order valence-corrected chi connectivity index (χ3v) is 4.96. The highest BCUT2D eigenvalue weighted by Gasteiger charge is 2.25. The van der Waals surface area contributed by atoms with Crippen molar-refractivity contribution in [3.05, 3.63) is 16.4 Å². The molecule has 1 N–H and O–H groups in total. The maximum Gasteiger partial charge on any atom is 0.131 e. The molecule has 2 unspecified atom stereocenters. The van der Waals surface area contributed by atoms with Crippen LogP contribution >= 0.6 is 11.6 Å². The van der Waals surface area contributed by atoms with Crippen LogP contribution in [0.25, 0.3) is 0 Å². The van der Waals surface area contributed by atoms with Gasteiger partial charge in [-0.25, -0.2) is 0 Å². The zero-order valence-electron chi connectivity index (χ0n) is 13.6. The van der Waals surface area contributed by atoms with Crippen molar-refractivity contribution in [2.24, 2.45) is 13.0 Å². The standard InChI is InChI=1S/C16H28ClN3O/c1-11(2)15-13(16(17)20(4)18-15)10-19(3)9-12-7-5-6-8-14(12)21/h11-12,14,21H,5-10H2,1-4H3. The van der Waals surface area contributed by atoms with Gasteiger partial charge in [-0.15, -0.1) is 0 Å². The average Bonchev–Trinajstić information content (AvgIpc) is 2.70. The van der Waals surface area contributed by atoms with E-state index in [0.29, 0.717) is 11.8 Å². The summed E-state index contributed by atoms with van der Waals surface area (Å²) in [5.41, 5.74) is 2.21. The SMILES string of the molecule is CC(C)c1nn(C)c(Cl)c1CN(C)CC1CCCCC1O. The zero-order chi connectivity index (χ0) is 15.6. The molecule has 1 saturated carbocycles. The molecule has 1 aliphatic rings. The van der Waals surface area contributed by atoms with Crippen LogP contribution < -0.4 is 0 Å². The average molecular weight is 314 g/mol. The predicted molar refractivity (Wildman–Crippen MR) is 86.6 cm³/mol. The van der Waals surface area contributed by atoms with Crippen molar-refractivity contribution in [2.75, 3.05) is 13.6 Å². The lowest BCUT2D eigenvalue weighted by Crippen LogP contribution is -2.34. The van der Waals surface area contributed by atoms with Crippen LogP contribution in [0.15, 0.2) is 0 Å². The number of halogens is 1. The molecule has 21 heavy (non-hydrogen) atoms. The molecule has 0 bridgehead atoms. The molecule has 2 rings (SSSR count). The van der Waals surface area contributed by atoms with Gasteiger partial charge in [0.25, 0.3) is 0 Å². The third-order valence-electron chi connectivity index (χ3n) is 4.49. The van der Waals surface area contributed by atoms with Gasteiger partial charge in [0.15, 0.2) is 0 Å². The van der Waals surface area contributed by atoms with E-state index in [4.69, 9.17) is 11.6 Å². The summed E-state index contributed by atoms with van der Waals surface area (Å²) in [7, 11) is 4.00. The van der Waals surface area contributed by atoms with Crippen LogP contribution in [0.2, 0.25) is 5.15 Å². The van der Waals surface area contributed by atoms with Crippen molar-refractivity contribution in [2.45, 2.75) is 58.1 Å². The molecule has 0 saturated heterocycles. The summed E-state index contributed by atoms with van der Waals surface area (Å²) in [6.45, 7) is 6.01. The van der Waals surface area contributed by atoms with Gasteiger partial charge in [-0.1, -0.05) is 38.3 Å². The molecule has 1 aromatic heterocycles.